The lowest BCUT2D eigenvalue weighted by Gasteiger charge is -2.27. The van der Waals surface area contributed by atoms with Gasteiger partial charge in [-0.15, -0.1) is 0 Å². The lowest BCUT2D eigenvalue weighted by atomic mass is 10.3. The van der Waals surface area contributed by atoms with E-state index in [1.165, 1.54) is 6.33 Å². The van der Waals surface area contributed by atoms with E-state index in [0.29, 0.717) is 24.8 Å². The van der Waals surface area contributed by atoms with E-state index in [-0.39, 0.29) is 11.6 Å². The summed E-state index contributed by atoms with van der Waals surface area (Å²) < 4.78 is 10.2. The summed E-state index contributed by atoms with van der Waals surface area (Å²) in [7, 11) is 0. The van der Waals surface area contributed by atoms with E-state index in [0.717, 1.165) is 18.9 Å². The van der Waals surface area contributed by atoms with Gasteiger partial charge in [-0.2, -0.15) is 0 Å². The summed E-state index contributed by atoms with van der Waals surface area (Å²) in [6, 6.07) is 3.30. The van der Waals surface area contributed by atoms with Gasteiger partial charge in [0, 0.05) is 25.2 Å². The van der Waals surface area contributed by atoms with Gasteiger partial charge >= 0.3 is 0 Å². The highest BCUT2D eigenvalue weighted by Crippen LogP contribution is 2.14. The minimum Gasteiger partial charge on any atom is -0.378 e. The number of hydrogen-bond acceptors (Lipinski definition) is 7. The SMILES string of the molecule is Cc1cc(NC(=O)c2cc(N3CCOCC3)ncn2)no1. The molecule has 1 aliphatic heterocycles. The number of nitrogens with zero attached hydrogens (tertiary/aromatic N) is 4. The Kier molecular flexibility index (Phi) is 3.78. The Labute approximate surface area is 121 Å². The van der Waals surface area contributed by atoms with E-state index < -0.39 is 0 Å². The molecule has 21 heavy (non-hydrogen) atoms. The molecule has 0 unspecified atom stereocenters. The fraction of sp³-hybridized carbons (Fsp3) is 0.385. The van der Waals surface area contributed by atoms with Crippen molar-refractivity contribution in [3.05, 3.63) is 29.9 Å². The first-order valence-corrected chi connectivity index (χ1v) is 6.62. The van der Waals surface area contributed by atoms with Gasteiger partial charge < -0.3 is 19.5 Å². The minimum atomic E-state index is -0.347. The quantitative estimate of drug-likeness (QED) is 0.895. The second-order valence-corrected chi connectivity index (χ2v) is 4.64. The van der Waals surface area contributed by atoms with E-state index in [9.17, 15) is 4.79 Å². The van der Waals surface area contributed by atoms with Crippen molar-refractivity contribution in [1.82, 2.24) is 15.1 Å². The van der Waals surface area contributed by atoms with Crippen LogP contribution in [0.5, 0.6) is 0 Å². The Balaban J connectivity index is 1.74. The molecule has 0 bridgehead atoms. The van der Waals surface area contributed by atoms with Crippen molar-refractivity contribution in [3.8, 4) is 0 Å². The number of carbonyl (C=O) groups excluding carboxylic acids is 1. The summed E-state index contributed by atoms with van der Waals surface area (Å²) in [6.07, 6.45) is 1.38. The van der Waals surface area contributed by atoms with E-state index in [2.05, 4.69) is 25.3 Å². The topological polar surface area (TPSA) is 93.4 Å². The lowest BCUT2D eigenvalue weighted by Crippen LogP contribution is -2.37. The van der Waals surface area contributed by atoms with Crippen LogP contribution < -0.4 is 10.2 Å². The maximum absolute atomic E-state index is 12.1. The number of morpholine rings is 1. The summed E-state index contributed by atoms with van der Waals surface area (Å²) >= 11 is 0. The largest absolute Gasteiger partial charge is 0.378 e. The van der Waals surface area contributed by atoms with Crippen LogP contribution >= 0.6 is 0 Å². The molecule has 0 radical (unpaired) electrons. The minimum absolute atomic E-state index is 0.284. The third kappa shape index (κ3) is 3.16. The van der Waals surface area contributed by atoms with Crippen molar-refractivity contribution in [2.75, 3.05) is 36.5 Å². The summed E-state index contributed by atoms with van der Waals surface area (Å²) in [5.74, 6) is 1.36. The van der Waals surface area contributed by atoms with Crippen LogP contribution in [-0.2, 0) is 4.74 Å². The maximum Gasteiger partial charge on any atom is 0.275 e. The van der Waals surface area contributed by atoms with Gasteiger partial charge in [-0.25, -0.2) is 9.97 Å². The fourth-order valence-corrected chi connectivity index (χ4v) is 2.04. The Morgan fingerprint density at radius 3 is 2.81 bits per heavy atom. The number of hydrogen-bond donors (Lipinski definition) is 1. The first-order chi connectivity index (χ1) is 10.2. The number of carbonyl (C=O) groups is 1. The molecule has 0 atom stereocenters. The average Bonchev–Trinajstić information content (AvgIpc) is 2.93. The predicted octanol–water partition coefficient (Wildman–Crippen LogP) is 0.862. The van der Waals surface area contributed by atoms with E-state index in [1.54, 1.807) is 19.1 Å². The molecule has 1 N–H and O–H groups in total. The predicted molar refractivity (Wildman–Crippen MR) is 74.3 cm³/mol. The molecule has 8 nitrogen and oxygen atoms in total. The molecular weight excluding hydrogens is 274 g/mol. The summed E-state index contributed by atoms with van der Waals surface area (Å²) in [6.45, 7) is 4.57. The molecule has 2 aromatic rings. The summed E-state index contributed by atoms with van der Waals surface area (Å²) in [4.78, 5) is 22.4. The van der Waals surface area contributed by atoms with E-state index in [1.807, 2.05) is 0 Å². The van der Waals surface area contributed by atoms with Gasteiger partial charge in [0.25, 0.3) is 5.91 Å². The normalized spacial score (nSPS) is 15.0. The zero-order valence-corrected chi connectivity index (χ0v) is 11.6. The smallest absolute Gasteiger partial charge is 0.275 e. The zero-order valence-electron chi connectivity index (χ0n) is 11.6. The molecule has 3 heterocycles. The number of anilines is 2. The number of aromatic nitrogens is 3. The second kappa shape index (κ2) is 5.88. The molecule has 0 spiro atoms. The Morgan fingerprint density at radius 2 is 2.10 bits per heavy atom. The molecule has 2 aromatic heterocycles. The van der Waals surface area contributed by atoms with Crippen LogP contribution in [0.3, 0.4) is 0 Å². The van der Waals surface area contributed by atoms with E-state index >= 15 is 0 Å². The van der Waals surface area contributed by atoms with Crippen molar-refractivity contribution < 1.29 is 14.1 Å². The molecule has 3 rings (SSSR count). The zero-order chi connectivity index (χ0) is 14.7. The van der Waals surface area contributed by atoms with Crippen LogP contribution in [0.2, 0.25) is 0 Å². The van der Waals surface area contributed by atoms with Crippen LogP contribution in [-0.4, -0.2) is 47.3 Å². The maximum atomic E-state index is 12.1. The van der Waals surface area contributed by atoms with Gasteiger partial charge in [0.1, 0.15) is 23.6 Å². The lowest BCUT2D eigenvalue weighted by molar-refractivity contribution is 0.102. The highest BCUT2D eigenvalue weighted by molar-refractivity contribution is 6.02. The van der Waals surface area contributed by atoms with Crippen molar-refractivity contribution in [2.24, 2.45) is 0 Å². The summed E-state index contributed by atoms with van der Waals surface area (Å²) in [5.41, 5.74) is 0.284. The molecule has 1 saturated heterocycles. The van der Waals surface area contributed by atoms with Crippen LogP contribution in [0.1, 0.15) is 16.2 Å². The molecule has 1 fully saturated rings. The number of aryl methyl sites for hydroxylation is 1. The number of ether oxygens (including phenoxy) is 1. The molecular formula is C13H15N5O3. The molecule has 1 aliphatic rings. The molecule has 8 heteroatoms. The Morgan fingerprint density at radius 1 is 1.29 bits per heavy atom. The Hall–Kier alpha value is -2.48. The van der Waals surface area contributed by atoms with Gasteiger partial charge in [0.05, 0.1) is 13.2 Å². The van der Waals surface area contributed by atoms with Gasteiger partial charge in [-0.05, 0) is 6.92 Å². The molecule has 0 aromatic carbocycles. The monoisotopic (exact) mass is 289 g/mol. The van der Waals surface area contributed by atoms with Crippen molar-refractivity contribution >= 4 is 17.5 Å². The standard InChI is InChI=1S/C13H15N5O3/c1-9-6-11(17-21-9)16-13(19)10-7-12(15-8-14-10)18-2-4-20-5-3-18/h6-8H,2-5H2,1H3,(H,16,17,19). The van der Waals surface area contributed by atoms with Crippen molar-refractivity contribution in [1.29, 1.82) is 0 Å². The molecule has 0 aliphatic carbocycles. The number of nitrogens with one attached hydrogen (secondary N) is 1. The van der Waals surface area contributed by atoms with Gasteiger partial charge in [-0.1, -0.05) is 5.16 Å². The highest BCUT2D eigenvalue weighted by atomic mass is 16.5. The second-order valence-electron chi connectivity index (χ2n) is 4.64. The molecule has 1 amide bonds. The highest BCUT2D eigenvalue weighted by Gasteiger charge is 2.16. The van der Waals surface area contributed by atoms with Crippen molar-refractivity contribution in [3.63, 3.8) is 0 Å². The fourth-order valence-electron chi connectivity index (χ4n) is 2.04. The number of rotatable bonds is 3. The Bertz CT molecular complexity index is 636. The third-order valence-electron chi connectivity index (χ3n) is 3.09. The molecule has 110 valence electrons. The third-order valence-corrected chi connectivity index (χ3v) is 3.09. The van der Waals surface area contributed by atoms with E-state index in [4.69, 9.17) is 9.26 Å². The van der Waals surface area contributed by atoms with Gasteiger partial charge in [0.15, 0.2) is 5.82 Å². The number of amides is 1. The van der Waals surface area contributed by atoms with Crippen LogP contribution in [0, 0.1) is 6.92 Å². The first kappa shape index (κ1) is 13.5. The van der Waals surface area contributed by atoms with Crippen LogP contribution in [0.15, 0.2) is 23.0 Å². The van der Waals surface area contributed by atoms with Gasteiger partial charge in [0.2, 0.25) is 0 Å². The van der Waals surface area contributed by atoms with Crippen LogP contribution in [0.4, 0.5) is 11.6 Å². The summed E-state index contributed by atoms with van der Waals surface area (Å²) in [5, 5.41) is 6.35. The van der Waals surface area contributed by atoms with Gasteiger partial charge in [-0.3, -0.25) is 4.79 Å². The molecule has 0 saturated carbocycles. The van der Waals surface area contributed by atoms with Crippen LogP contribution in [0.25, 0.3) is 0 Å². The first-order valence-electron chi connectivity index (χ1n) is 6.62. The average molecular weight is 289 g/mol. The van der Waals surface area contributed by atoms with Crippen molar-refractivity contribution in [2.45, 2.75) is 6.92 Å².